The van der Waals surface area contributed by atoms with Crippen LogP contribution in [0.3, 0.4) is 0 Å². The van der Waals surface area contributed by atoms with Gasteiger partial charge in [0.15, 0.2) is 15.8 Å². The molecular formula is C23H26N4O6S2. The van der Waals surface area contributed by atoms with Crippen LogP contribution in [0, 0.1) is 0 Å². The first-order valence-electron chi connectivity index (χ1n) is 10.4. The van der Waals surface area contributed by atoms with Crippen LogP contribution in [0.1, 0.15) is 15.9 Å². The van der Waals surface area contributed by atoms with Gasteiger partial charge in [-0.05, 0) is 36.2 Å². The van der Waals surface area contributed by atoms with Gasteiger partial charge in [-0.15, -0.1) is 10.2 Å². The molecular weight excluding hydrogens is 492 g/mol. The molecule has 0 aliphatic carbocycles. The summed E-state index contributed by atoms with van der Waals surface area (Å²) in [5, 5.41) is 13.9. The number of methoxy groups -OCH3 is 4. The lowest BCUT2D eigenvalue weighted by molar-refractivity contribution is -0.118. The monoisotopic (exact) mass is 518 g/mol. The first kappa shape index (κ1) is 26.1. The molecule has 3 aromatic rings. The van der Waals surface area contributed by atoms with Crippen LogP contribution >= 0.6 is 23.1 Å². The highest BCUT2D eigenvalue weighted by Crippen LogP contribution is 2.28. The average Bonchev–Trinajstić information content (AvgIpc) is 3.34. The first-order chi connectivity index (χ1) is 16.9. The van der Waals surface area contributed by atoms with Crippen molar-refractivity contribution in [1.29, 1.82) is 0 Å². The molecule has 2 amide bonds. The topological polar surface area (TPSA) is 121 Å². The molecule has 3 rings (SSSR count). The number of aromatic nitrogens is 2. The molecule has 0 aliphatic rings. The van der Waals surface area contributed by atoms with Gasteiger partial charge in [0.25, 0.3) is 5.91 Å². The molecule has 0 atom stereocenters. The molecule has 1 heterocycles. The summed E-state index contributed by atoms with van der Waals surface area (Å²) >= 11 is 2.43. The minimum atomic E-state index is -0.372. The highest BCUT2D eigenvalue weighted by molar-refractivity contribution is 8.01. The zero-order chi connectivity index (χ0) is 25.2. The average molecular weight is 519 g/mol. The molecule has 0 spiro atoms. The molecule has 0 saturated carbocycles. The molecule has 12 heteroatoms. The van der Waals surface area contributed by atoms with E-state index in [0.29, 0.717) is 51.0 Å². The third-order valence-corrected chi connectivity index (χ3v) is 6.72. The highest BCUT2D eigenvalue weighted by atomic mass is 32.2. The Kier molecular flexibility index (Phi) is 9.56. The Morgan fingerprint density at radius 1 is 0.914 bits per heavy atom. The van der Waals surface area contributed by atoms with Gasteiger partial charge in [0.2, 0.25) is 11.0 Å². The number of benzene rings is 2. The molecule has 0 aliphatic heterocycles. The summed E-state index contributed by atoms with van der Waals surface area (Å²) in [7, 11) is 6.19. The lowest BCUT2D eigenvalue weighted by Crippen LogP contribution is -2.27. The summed E-state index contributed by atoms with van der Waals surface area (Å²) in [5.74, 6) is 1.99. The molecule has 0 bridgehead atoms. The lowest BCUT2D eigenvalue weighted by Gasteiger charge is -2.10. The van der Waals surface area contributed by atoms with E-state index in [-0.39, 0.29) is 17.6 Å². The lowest BCUT2D eigenvalue weighted by atomic mass is 10.1. The highest BCUT2D eigenvalue weighted by Gasteiger charge is 2.14. The van der Waals surface area contributed by atoms with Gasteiger partial charge in [-0.1, -0.05) is 29.2 Å². The molecule has 0 saturated heterocycles. The smallest absolute Gasteiger partial charge is 0.257 e. The predicted octanol–water partition coefficient (Wildman–Crippen LogP) is 3.28. The van der Waals surface area contributed by atoms with Crippen LogP contribution in [-0.4, -0.2) is 62.7 Å². The van der Waals surface area contributed by atoms with Gasteiger partial charge in [0, 0.05) is 18.2 Å². The van der Waals surface area contributed by atoms with E-state index < -0.39 is 0 Å². The summed E-state index contributed by atoms with van der Waals surface area (Å²) in [4.78, 5) is 24.8. The van der Waals surface area contributed by atoms with Crippen molar-refractivity contribution in [2.45, 2.75) is 10.8 Å². The van der Waals surface area contributed by atoms with Gasteiger partial charge in [0.1, 0.15) is 11.5 Å². The van der Waals surface area contributed by atoms with Crippen molar-refractivity contribution in [3.8, 4) is 23.0 Å². The van der Waals surface area contributed by atoms with Crippen molar-refractivity contribution < 1.29 is 28.5 Å². The number of nitrogens with one attached hydrogen (secondary N) is 2. The summed E-state index contributed by atoms with van der Waals surface area (Å²) in [5.41, 5.74) is 1.38. The number of carbonyl (C=O) groups is 2. The summed E-state index contributed by atoms with van der Waals surface area (Å²) in [6, 6.07) is 10.5. The van der Waals surface area contributed by atoms with E-state index in [1.54, 1.807) is 32.4 Å². The van der Waals surface area contributed by atoms with Crippen LogP contribution in [0.15, 0.2) is 40.7 Å². The molecule has 0 radical (unpaired) electrons. The second kappa shape index (κ2) is 12.8. The summed E-state index contributed by atoms with van der Waals surface area (Å²) in [6.07, 6.45) is 0.654. The van der Waals surface area contributed by atoms with E-state index in [9.17, 15) is 9.59 Å². The number of hydrogen-bond donors (Lipinski definition) is 2. The van der Waals surface area contributed by atoms with E-state index in [2.05, 4.69) is 20.8 Å². The number of hydrogen-bond acceptors (Lipinski definition) is 10. The van der Waals surface area contributed by atoms with Crippen molar-refractivity contribution in [3.63, 3.8) is 0 Å². The van der Waals surface area contributed by atoms with E-state index in [1.165, 1.54) is 37.3 Å². The molecule has 10 nitrogen and oxygen atoms in total. The molecule has 35 heavy (non-hydrogen) atoms. The summed E-state index contributed by atoms with van der Waals surface area (Å²) in [6.45, 7) is 0.482. The summed E-state index contributed by atoms with van der Waals surface area (Å²) < 4.78 is 21.5. The normalized spacial score (nSPS) is 10.4. The Morgan fingerprint density at radius 3 is 2.29 bits per heavy atom. The van der Waals surface area contributed by atoms with Crippen LogP contribution in [0.25, 0.3) is 0 Å². The molecule has 2 aromatic carbocycles. The number of anilines is 1. The zero-order valence-corrected chi connectivity index (χ0v) is 21.4. The quantitative estimate of drug-likeness (QED) is 0.275. The molecule has 2 N–H and O–H groups in total. The van der Waals surface area contributed by atoms with Crippen LogP contribution < -0.4 is 29.6 Å². The number of nitrogens with zero attached hydrogens (tertiary/aromatic N) is 2. The fraction of sp³-hybridized carbons (Fsp3) is 0.304. The fourth-order valence-corrected chi connectivity index (χ4v) is 4.56. The Balaban J connectivity index is 1.45. The fourth-order valence-electron chi connectivity index (χ4n) is 2.99. The van der Waals surface area contributed by atoms with Crippen molar-refractivity contribution >= 4 is 40.0 Å². The minimum absolute atomic E-state index is 0.125. The Hall–Kier alpha value is -3.51. The maximum absolute atomic E-state index is 12.6. The van der Waals surface area contributed by atoms with Crippen LogP contribution in [0.2, 0.25) is 0 Å². The predicted molar refractivity (Wildman–Crippen MR) is 134 cm³/mol. The number of carbonyl (C=O) groups excluding carboxylic acids is 2. The van der Waals surface area contributed by atoms with Crippen LogP contribution in [0.5, 0.6) is 23.0 Å². The largest absolute Gasteiger partial charge is 0.497 e. The van der Waals surface area contributed by atoms with E-state index >= 15 is 0 Å². The Bertz CT molecular complexity index is 1150. The number of rotatable bonds is 12. The van der Waals surface area contributed by atoms with Crippen molar-refractivity contribution in [2.75, 3.05) is 46.1 Å². The SMILES string of the molecule is COc1cc(OC)cc(C(=O)Nc2nnc(SCC(=O)NCCc3ccc(OC)c(OC)c3)s2)c1. The van der Waals surface area contributed by atoms with E-state index in [4.69, 9.17) is 18.9 Å². The molecule has 0 unspecified atom stereocenters. The van der Waals surface area contributed by atoms with Gasteiger partial charge in [-0.2, -0.15) is 0 Å². The van der Waals surface area contributed by atoms with Gasteiger partial charge in [-0.3, -0.25) is 14.9 Å². The van der Waals surface area contributed by atoms with Crippen LogP contribution in [0.4, 0.5) is 5.13 Å². The van der Waals surface area contributed by atoms with Crippen molar-refractivity contribution in [1.82, 2.24) is 15.5 Å². The van der Waals surface area contributed by atoms with E-state index in [1.807, 2.05) is 18.2 Å². The first-order valence-corrected chi connectivity index (χ1v) is 12.2. The van der Waals surface area contributed by atoms with Crippen LogP contribution in [-0.2, 0) is 11.2 Å². The third kappa shape index (κ3) is 7.49. The van der Waals surface area contributed by atoms with Crippen molar-refractivity contribution in [3.05, 3.63) is 47.5 Å². The Labute approximate surface area is 211 Å². The number of amides is 2. The second-order valence-corrected chi connectivity index (χ2v) is 9.21. The number of ether oxygens (including phenoxy) is 4. The maximum Gasteiger partial charge on any atom is 0.257 e. The zero-order valence-electron chi connectivity index (χ0n) is 19.7. The molecule has 186 valence electrons. The van der Waals surface area contributed by atoms with E-state index in [0.717, 1.165) is 5.56 Å². The molecule has 0 fully saturated rings. The van der Waals surface area contributed by atoms with Gasteiger partial charge < -0.3 is 24.3 Å². The van der Waals surface area contributed by atoms with Crippen molar-refractivity contribution in [2.24, 2.45) is 0 Å². The Morgan fingerprint density at radius 2 is 1.63 bits per heavy atom. The third-order valence-electron chi connectivity index (χ3n) is 4.75. The van der Waals surface area contributed by atoms with Gasteiger partial charge in [-0.25, -0.2) is 0 Å². The van der Waals surface area contributed by atoms with Gasteiger partial charge >= 0.3 is 0 Å². The minimum Gasteiger partial charge on any atom is -0.497 e. The number of thioether (sulfide) groups is 1. The molecule has 1 aromatic heterocycles. The van der Waals surface area contributed by atoms with Gasteiger partial charge in [0.05, 0.1) is 34.2 Å². The maximum atomic E-state index is 12.6. The standard InChI is InChI=1S/C23H26N4O6S2/c1-30-16-10-15(11-17(12-16)31-2)21(29)25-22-26-27-23(35-22)34-13-20(28)24-8-7-14-5-6-18(32-3)19(9-14)33-4/h5-6,9-12H,7-8,13H2,1-4H3,(H,24,28)(H,25,26,29). The second-order valence-electron chi connectivity index (χ2n) is 7.01.